The Bertz CT molecular complexity index is 569. The van der Waals surface area contributed by atoms with Gasteiger partial charge in [0.05, 0.1) is 7.11 Å². The van der Waals surface area contributed by atoms with Crippen LogP contribution in [-0.2, 0) is 13.1 Å². The van der Waals surface area contributed by atoms with Crippen LogP contribution >= 0.6 is 15.9 Å². The molecule has 20 heavy (non-hydrogen) atoms. The Hall–Kier alpha value is -1.52. The summed E-state index contributed by atoms with van der Waals surface area (Å²) in [6, 6.07) is 14.1. The highest BCUT2D eigenvalue weighted by molar-refractivity contribution is 9.10. The van der Waals surface area contributed by atoms with Crippen molar-refractivity contribution < 1.29 is 4.74 Å². The van der Waals surface area contributed by atoms with Gasteiger partial charge < -0.3 is 10.5 Å². The van der Waals surface area contributed by atoms with Gasteiger partial charge in [0.15, 0.2) is 0 Å². The van der Waals surface area contributed by atoms with Gasteiger partial charge in [-0.2, -0.15) is 0 Å². The lowest BCUT2D eigenvalue weighted by atomic mass is 10.1. The molecular formula is C16H19BrN2O. The number of benzene rings is 2. The Morgan fingerprint density at radius 2 is 1.80 bits per heavy atom. The molecule has 0 unspecified atom stereocenters. The molecule has 0 aliphatic rings. The molecule has 0 aliphatic carbocycles. The van der Waals surface area contributed by atoms with Gasteiger partial charge in [-0.15, -0.1) is 0 Å². The van der Waals surface area contributed by atoms with Gasteiger partial charge in [0, 0.05) is 23.2 Å². The number of halogens is 1. The van der Waals surface area contributed by atoms with Crippen LogP contribution in [0.25, 0.3) is 0 Å². The Balaban J connectivity index is 2.04. The fraction of sp³-hybridized carbons (Fsp3) is 0.250. The van der Waals surface area contributed by atoms with Gasteiger partial charge in [-0.1, -0.05) is 28.1 Å². The zero-order valence-electron chi connectivity index (χ0n) is 11.8. The Kier molecular flexibility index (Phi) is 5.04. The first-order valence-electron chi connectivity index (χ1n) is 6.44. The van der Waals surface area contributed by atoms with Gasteiger partial charge in [-0.05, 0) is 48.5 Å². The highest BCUT2D eigenvalue weighted by Gasteiger charge is 2.06. The lowest BCUT2D eigenvalue weighted by Crippen LogP contribution is -2.18. The number of nitrogens with zero attached hydrogens (tertiary/aromatic N) is 1. The second-order valence-corrected chi connectivity index (χ2v) is 5.78. The molecule has 4 heteroatoms. The van der Waals surface area contributed by atoms with Crippen molar-refractivity contribution in [1.29, 1.82) is 0 Å². The zero-order chi connectivity index (χ0) is 14.5. The molecule has 3 nitrogen and oxygen atoms in total. The van der Waals surface area contributed by atoms with Crippen LogP contribution in [0.5, 0.6) is 5.75 Å². The molecule has 0 aliphatic heterocycles. The molecule has 0 bridgehead atoms. The average molecular weight is 335 g/mol. The summed E-state index contributed by atoms with van der Waals surface area (Å²) in [5, 5.41) is 0. The molecule has 2 aromatic rings. The number of hydrogen-bond donors (Lipinski definition) is 1. The van der Waals surface area contributed by atoms with E-state index in [-0.39, 0.29) is 0 Å². The van der Waals surface area contributed by atoms with E-state index in [2.05, 4.69) is 52.1 Å². The van der Waals surface area contributed by atoms with E-state index >= 15 is 0 Å². The third kappa shape index (κ3) is 3.99. The molecule has 0 saturated heterocycles. The summed E-state index contributed by atoms with van der Waals surface area (Å²) in [5.74, 6) is 0.839. The predicted octanol–water partition coefficient (Wildman–Crippen LogP) is 3.67. The maximum absolute atomic E-state index is 6.02. The Morgan fingerprint density at radius 1 is 1.10 bits per heavy atom. The van der Waals surface area contributed by atoms with E-state index in [9.17, 15) is 0 Å². The molecule has 0 radical (unpaired) electrons. The third-order valence-corrected chi connectivity index (χ3v) is 3.68. The lowest BCUT2D eigenvalue weighted by molar-refractivity contribution is 0.318. The van der Waals surface area contributed by atoms with Crippen LogP contribution in [0.2, 0.25) is 0 Å². The third-order valence-electron chi connectivity index (χ3n) is 3.16. The van der Waals surface area contributed by atoms with Crippen LogP contribution in [0.15, 0.2) is 46.9 Å². The topological polar surface area (TPSA) is 38.5 Å². The lowest BCUT2D eigenvalue weighted by Gasteiger charge is -2.18. The maximum Gasteiger partial charge on any atom is 0.119 e. The van der Waals surface area contributed by atoms with E-state index in [1.807, 2.05) is 18.2 Å². The van der Waals surface area contributed by atoms with Crippen molar-refractivity contribution in [3.63, 3.8) is 0 Å². The van der Waals surface area contributed by atoms with Crippen molar-refractivity contribution in [2.24, 2.45) is 0 Å². The molecular weight excluding hydrogens is 316 g/mol. The SMILES string of the molecule is COc1ccc(N)c(CN(C)Cc2ccc(Br)cc2)c1. The minimum absolute atomic E-state index is 0.791. The number of anilines is 1. The van der Waals surface area contributed by atoms with Crippen LogP contribution in [0.3, 0.4) is 0 Å². The number of nitrogen functional groups attached to an aromatic ring is 1. The van der Waals surface area contributed by atoms with Crippen molar-refractivity contribution in [3.05, 3.63) is 58.1 Å². The molecule has 2 N–H and O–H groups in total. The summed E-state index contributed by atoms with van der Waals surface area (Å²) in [6.45, 7) is 1.67. The van der Waals surface area contributed by atoms with E-state index in [1.165, 1.54) is 5.56 Å². The number of rotatable bonds is 5. The second kappa shape index (κ2) is 6.77. The van der Waals surface area contributed by atoms with Crippen molar-refractivity contribution in [2.75, 3.05) is 19.9 Å². The second-order valence-electron chi connectivity index (χ2n) is 4.86. The highest BCUT2D eigenvalue weighted by atomic mass is 79.9. The van der Waals surface area contributed by atoms with E-state index in [4.69, 9.17) is 10.5 Å². The number of ether oxygens (including phenoxy) is 1. The smallest absolute Gasteiger partial charge is 0.119 e. The molecule has 0 heterocycles. The van der Waals surface area contributed by atoms with Crippen molar-refractivity contribution in [3.8, 4) is 5.75 Å². The summed E-state index contributed by atoms with van der Waals surface area (Å²) in [6.07, 6.45) is 0. The maximum atomic E-state index is 6.02. The monoisotopic (exact) mass is 334 g/mol. The first kappa shape index (κ1) is 14.9. The quantitative estimate of drug-likeness (QED) is 0.848. The minimum Gasteiger partial charge on any atom is -0.497 e. The number of methoxy groups -OCH3 is 1. The first-order valence-corrected chi connectivity index (χ1v) is 7.23. The van der Waals surface area contributed by atoms with E-state index in [1.54, 1.807) is 7.11 Å². The molecule has 0 aromatic heterocycles. The minimum atomic E-state index is 0.791. The van der Waals surface area contributed by atoms with Crippen LogP contribution in [0.1, 0.15) is 11.1 Å². The summed E-state index contributed by atoms with van der Waals surface area (Å²) >= 11 is 3.45. The van der Waals surface area contributed by atoms with Gasteiger partial charge in [0.2, 0.25) is 0 Å². The summed E-state index contributed by atoms with van der Waals surface area (Å²) in [4.78, 5) is 2.23. The van der Waals surface area contributed by atoms with Gasteiger partial charge in [0.1, 0.15) is 5.75 Å². The molecule has 0 atom stereocenters. The summed E-state index contributed by atoms with van der Waals surface area (Å²) < 4.78 is 6.34. The largest absolute Gasteiger partial charge is 0.497 e. The number of hydrogen-bond acceptors (Lipinski definition) is 3. The van der Waals surface area contributed by atoms with Crippen LogP contribution in [-0.4, -0.2) is 19.1 Å². The van der Waals surface area contributed by atoms with Gasteiger partial charge in [-0.3, -0.25) is 4.90 Å². The fourth-order valence-electron chi connectivity index (χ4n) is 2.09. The van der Waals surface area contributed by atoms with E-state index in [0.29, 0.717) is 0 Å². The van der Waals surface area contributed by atoms with Crippen molar-refractivity contribution in [2.45, 2.75) is 13.1 Å². The van der Waals surface area contributed by atoms with Crippen LogP contribution < -0.4 is 10.5 Å². The molecule has 0 saturated carbocycles. The molecule has 0 fully saturated rings. The van der Waals surface area contributed by atoms with Crippen molar-refractivity contribution in [1.82, 2.24) is 4.90 Å². The van der Waals surface area contributed by atoms with Gasteiger partial charge in [0.25, 0.3) is 0 Å². The zero-order valence-corrected chi connectivity index (χ0v) is 13.4. The Morgan fingerprint density at radius 3 is 2.45 bits per heavy atom. The first-order chi connectivity index (χ1) is 9.58. The average Bonchev–Trinajstić information content (AvgIpc) is 2.44. The molecule has 106 valence electrons. The predicted molar refractivity (Wildman–Crippen MR) is 86.7 cm³/mol. The molecule has 0 spiro atoms. The molecule has 0 amide bonds. The standard InChI is InChI=1S/C16H19BrN2O/c1-19(10-12-3-5-14(17)6-4-12)11-13-9-15(20-2)7-8-16(13)18/h3-9H,10-11,18H2,1-2H3. The number of nitrogens with two attached hydrogens (primary N) is 1. The van der Waals surface area contributed by atoms with Gasteiger partial charge >= 0.3 is 0 Å². The summed E-state index contributed by atoms with van der Waals surface area (Å²) in [5.41, 5.74) is 9.18. The van der Waals surface area contributed by atoms with E-state index in [0.717, 1.165) is 34.6 Å². The molecule has 2 aromatic carbocycles. The van der Waals surface area contributed by atoms with Gasteiger partial charge in [-0.25, -0.2) is 0 Å². The summed E-state index contributed by atoms with van der Waals surface area (Å²) in [7, 11) is 3.75. The normalized spacial score (nSPS) is 10.8. The molecule has 2 rings (SSSR count). The van der Waals surface area contributed by atoms with Crippen LogP contribution in [0.4, 0.5) is 5.69 Å². The fourth-order valence-corrected chi connectivity index (χ4v) is 2.36. The van der Waals surface area contributed by atoms with Crippen molar-refractivity contribution >= 4 is 21.6 Å². The Labute approximate surface area is 128 Å². The van der Waals surface area contributed by atoms with E-state index < -0.39 is 0 Å². The van der Waals surface area contributed by atoms with Crippen LogP contribution in [0, 0.1) is 0 Å². The highest BCUT2D eigenvalue weighted by Crippen LogP contribution is 2.21.